The molecular weight excluding hydrogens is 252 g/mol. The van der Waals surface area contributed by atoms with E-state index < -0.39 is 0 Å². The summed E-state index contributed by atoms with van der Waals surface area (Å²) in [4.78, 5) is 14.4. The number of carbonyl (C=O) groups is 1. The number of amides is 1. The Labute approximate surface area is 120 Å². The summed E-state index contributed by atoms with van der Waals surface area (Å²) in [7, 11) is 0. The highest BCUT2D eigenvalue weighted by Gasteiger charge is 2.25. The summed E-state index contributed by atoms with van der Waals surface area (Å²) in [5, 5.41) is 0. The monoisotopic (exact) mass is 276 g/mol. The molecule has 1 aliphatic heterocycles. The average molecular weight is 276 g/mol. The lowest BCUT2D eigenvalue weighted by Gasteiger charge is -2.30. The molecule has 1 aliphatic rings. The zero-order valence-corrected chi connectivity index (χ0v) is 12.3. The van der Waals surface area contributed by atoms with Crippen LogP contribution in [0.5, 0.6) is 5.75 Å². The maximum Gasteiger partial charge on any atom is 0.227 e. The van der Waals surface area contributed by atoms with Crippen molar-refractivity contribution in [2.75, 3.05) is 24.6 Å². The topological polar surface area (TPSA) is 55.6 Å². The summed E-state index contributed by atoms with van der Waals surface area (Å²) in [6.07, 6.45) is 1.51. The molecule has 0 saturated carbocycles. The number of rotatable bonds is 5. The Balaban J connectivity index is 2.06. The van der Waals surface area contributed by atoms with Crippen molar-refractivity contribution in [1.29, 1.82) is 0 Å². The fourth-order valence-corrected chi connectivity index (χ4v) is 2.72. The number of ether oxygens (including phenoxy) is 1. The van der Waals surface area contributed by atoms with Gasteiger partial charge in [-0.3, -0.25) is 4.79 Å². The molecule has 0 radical (unpaired) electrons. The predicted molar refractivity (Wildman–Crippen MR) is 80.9 cm³/mol. The van der Waals surface area contributed by atoms with Crippen molar-refractivity contribution in [2.45, 2.75) is 26.7 Å². The summed E-state index contributed by atoms with van der Waals surface area (Å²) >= 11 is 0. The number of benzene rings is 1. The van der Waals surface area contributed by atoms with Gasteiger partial charge in [-0.15, -0.1) is 0 Å². The van der Waals surface area contributed by atoms with E-state index in [0.29, 0.717) is 32.0 Å². The second-order valence-corrected chi connectivity index (χ2v) is 5.80. The van der Waals surface area contributed by atoms with Crippen molar-refractivity contribution in [1.82, 2.24) is 0 Å². The Bertz CT molecular complexity index is 460. The van der Waals surface area contributed by atoms with E-state index in [1.165, 1.54) is 0 Å². The van der Waals surface area contributed by atoms with Gasteiger partial charge in [0.25, 0.3) is 0 Å². The van der Waals surface area contributed by atoms with Gasteiger partial charge >= 0.3 is 0 Å². The third kappa shape index (κ3) is 3.51. The van der Waals surface area contributed by atoms with Crippen LogP contribution < -0.4 is 15.4 Å². The number of para-hydroxylation sites is 2. The fraction of sp³-hybridized carbons (Fsp3) is 0.562. The Kier molecular flexibility index (Phi) is 5.01. The molecule has 4 heteroatoms. The van der Waals surface area contributed by atoms with Crippen molar-refractivity contribution in [3.05, 3.63) is 24.3 Å². The van der Waals surface area contributed by atoms with E-state index in [0.717, 1.165) is 17.9 Å². The minimum Gasteiger partial charge on any atom is -0.490 e. The van der Waals surface area contributed by atoms with Crippen LogP contribution in [0.25, 0.3) is 0 Å². The molecule has 1 atom stereocenters. The zero-order chi connectivity index (χ0) is 14.5. The lowest BCUT2D eigenvalue weighted by Crippen LogP contribution is -2.39. The molecular formula is C16H24N2O2. The number of nitrogens with two attached hydrogens (primary N) is 1. The van der Waals surface area contributed by atoms with Crippen LogP contribution in [0.1, 0.15) is 26.7 Å². The molecule has 2 N–H and O–H groups in total. The molecule has 0 fully saturated rings. The molecule has 0 bridgehead atoms. The zero-order valence-electron chi connectivity index (χ0n) is 12.3. The van der Waals surface area contributed by atoms with Gasteiger partial charge in [0.1, 0.15) is 12.4 Å². The molecule has 1 heterocycles. The summed E-state index contributed by atoms with van der Waals surface area (Å²) < 4.78 is 5.58. The molecule has 1 amide bonds. The van der Waals surface area contributed by atoms with Crippen molar-refractivity contribution < 1.29 is 9.53 Å². The van der Waals surface area contributed by atoms with Crippen LogP contribution in [-0.2, 0) is 4.79 Å². The van der Waals surface area contributed by atoms with Crippen molar-refractivity contribution in [2.24, 2.45) is 17.6 Å². The number of fused-ring (bicyclic) bond motifs is 1. The Morgan fingerprint density at radius 3 is 2.85 bits per heavy atom. The van der Waals surface area contributed by atoms with Crippen molar-refractivity contribution >= 4 is 11.6 Å². The molecule has 20 heavy (non-hydrogen) atoms. The van der Waals surface area contributed by atoms with Gasteiger partial charge in [-0.25, -0.2) is 0 Å². The molecule has 110 valence electrons. The Hall–Kier alpha value is -1.55. The molecule has 1 unspecified atom stereocenters. The molecule has 0 aromatic heterocycles. The van der Waals surface area contributed by atoms with Gasteiger partial charge in [0.15, 0.2) is 0 Å². The van der Waals surface area contributed by atoms with E-state index in [4.69, 9.17) is 10.5 Å². The van der Waals surface area contributed by atoms with Gasteiger partial charge in [-0.2, -0.15) is 0 Å². The normalized spacial score (nSPS) is 15.7. The second kappa shape index (κ2) is 6.75. The smallest absolute Gasteiger partial charge is 0.227 e. The first-order chi connectivity index (χ1) is 9.61. The molecule has 1 aromatic rings. The molecule has 2 rings (SSSR count). The number of nitrogens with zero attached hydrogens (tertiary/aromatic N) is 1. The van der Waals surface area contributed by atoms with Crippen molar-refractivity contribution in [3.8, 4) is 5.75 Å². The second-order valence-electron chi connectivity index (χ2n) is 5.80. The van der Waals surface area contributed by atoms with E-state index in [2.05, 4.69) is 13.8 Å². The van der Waals surface area contributed by atoms with Gasteiger partial charge in [0, 0.05) is 6.42 Å². The van der Waals surface area contributed by atoms with E-state index in [9.17, 15) is 4.79 Å². The minimum absolute atomic E-state index is 0.150. The van der Waals surface area contributed by atoms with Crippen LogP contribution in [0.2, 0.25) is 0 Å². The first kappa shape index (κ1) is 14.9. The molecule has 4 nitrogen and oxygen atoms in total. The number of carbonyl (C=O) groups excluding carboxylic acids is 1. The molecule has 1 aromatic carbocycles. The minimum atomic E-state index is 0.150. The number of anilines is 1. The first-order valence-electron chi connectivity index (χ1n) is 7.34. The van der Waals surface area contributed by atoms with Gasteiger partial charge in [0.2, 0.25) is 5.91 Å². The van der Waals surface area contributed by atoms with E-state index in [-0.39, 0.29) is 11.8 Å². The van der Waals surface area contributed by atoms with Gasteiger partial charge in [0.05, 0.1) is 12.2 Å². The standard InChI is InChI=1S/C16H24N2O2/c1-12(2)9-13(11-17)10-16(19)18-7-8-20-15-6-4-3-5-14(15)18/h3-6,12-13H,7-11,17H2,1-2H3. The fourth-order valence-electron chi connectivity index (χ4n) is 2.72. The highest BCUT2D eigenvalue weighted by Crippen LogP contribution is 2.32. The van der Waals surface area contributed by atoms with Crippen LogP contribution in [0.3, 0.4) is 0 Å². The van der Waals surface area contributed by atoms with Crippen LogP contribution in [-0.4, -0.2) is 25.6 Å². The molecule has 0 aliphatic carbocycles. The maximum atomic E-state index is 12.5. The van der Waals surface area contributed by atoms with E-state index in [1.807, 2.05) is 29.2 Å². The summed E-state index contributed by atoms with van der Waals surface area (Å²) in [5.41, 5.74) is 6.68. The largest absolute Gasteiger partial charge is 0.490 e. The maximum absolute atomic E-state index is 12.5. The highest BCUT2D eigenvalue weighted by atomic mass is 16.5. The Morgan fingerprint density at radius 1 is 1.40 bits per heavy atom. The van der Waals surface area contributed by atoms with E-state index in [1.54, 1.807) is 0 Å². The third-order valence-electron chi connectivity index (χ3n) is 3.63. The SMILES string of the molecule is CC(C)CC(CN)CC(=O)N1CCOc2ccccc21. The Morgan fingerprint density at radius 2 is 2.15 bits per heavy atom. The number of hydrogen-bond donors (Lipinski definition) is 1. The summed E-state index contributed by atoms with van der Waals surface area (Å²) in [6.45, 7) is 6.07. The van der Waals surface area contributed by atoms with Crippen LogP contribution >= 0.6 is 0 Å². The summed E-state index contributed by atoms with van der Waals surface area (Å²) in [5.74, 6) is 1.77. The first-order valence-corrected chi connectivity index (χ1v) is 7.34. The van der Waals surface area contributed by atoms with E-state index >= 15 is 0 Å². The van der Waals surface area contributed by atoms with Gasteiger partial charge in [-0.05, 0) is 36.9 Å². The highest BCUT2D eigenvalue weighted by molar-refractivity contribution is 5.95. The number of hydrogen-bond acceptors (Lipinski definition) is 3. The quantitative estimate of drug-likeness (QED) is 0.898. The average Bonchev–Trinajstić information content (AvgIpc) is 2.45. The molecule has 0 saturated heterocycles. The lowest BCUT2D eigenvalue weighted by molar-refractivity contribution is -0.119. The predicted octanol–water partition coefficient (Wildman–Crippen LogP) is 2.42. The van der Waals surface area contributed by atoms with Gasteiger partial charge in [-0.1, -0.05) is 26.0 Å². The van der Waals surface area contributed by atoms with Crippen LogP contribution in [0.4, 0.5) is 5.69 Å². The van der Waals surface area contributed by atoms with Crippen LogP contribution in [0.15, 0.2) is 24.3 Å². The third-order valence-corrected chi connectivity index (χ3v) is 3.63. The van der Waals surface area contributed by atoms with Crippen molar-refractivity contribution in [3.63, 3.8) is 0 Å². The summed E-state index contributed by atoms with van der Waals surface area (Å²) in [6, 6.07) is 7.70. The van der Waals surface area contributed by atoms with Gasteiger partial charge < -0.3 is 15.4 Å². The lowest BCUT2D eigenvalue weighted by atomic mass is 9.93. The van der Waals surface area contributed by atoms with Crippen LogP contribution in [0, 0.1) is 11.8 Å². The molecule has 0 spiro atoms.